The van der Waals surface area contributed by atoms with Gasteiger partial charge >= 0.3 is 5.97 Å². The first kappa shape index (κ1) is 15.5. The number of hydrogen-bond donors (Lipinski definition) is 1. The van der Waals surface area contributed by atoms with E-state index in [4.69, 9.17) is 9.47 Å². The van der Waals surface area contributed by atoms with E-state index in [1.807, 2.05) is 38.1 Å². The molecule has 0 aromatic heterocycles. The number of carbonyl (C=O) groups excluding carboxylic acids is 1. The van der Waals surface area contributed by atoms with Gasteiger partial charge in [0.05, 0.1) is 13.7 Å². The van der Waals surface area contributed by atoms with Crippen LogP contribution in [0.3, 0.4) is 0 Å². The molecule has 0 bridgehead atoms. The van der Waals surface area contributed by atoms with E-state index in [1.165, 1.54) is 0 Å². The maximum atomic E-state index is 11.6. The summed E-state index contributed by atoms with van der Waals surface area (Å²) < 4.78 is 10.1. The highest BCUT2D eigenvalue weighted by Gasteiger charge is 2.18. The molecule has 0 aliphatic heterocycles. The van der Waals surface area contributed by atoms with Gasteiger partial charge in [-0.3, -0.25) is 10.1 Å². The van der Waals surface area contributed by atoms with Gasteiger partial charge in [-0.05, 0) is 38.0 Å². The molecule has 0 fully saturated rings. The predicted molar refractivity (Wildman–Crippen MR) is 75.3 cm³/mol. The van der Waals surface area contributed by atoms with Gasteiger partial charge in [-0.15, -0.1) is 0 Å². The van der Waals surface area contributed by atoms with Gasteiger partial charge < -0.3 is 9.47 Å². The van der Waals surface area contributed by atoms with Crippen molar-refractivity contribution in [1.29, 1.82) is 0 Å². The first-order chi connectivity index (χ1) is 9.12. The summed E-state index contributed by atoms with van der Waals surface area (Å²) in [6.07, 6.45) is 0.899. The largest absolute Gasteiger partial charge is 0.497 e. The Morgan fingerprint density at radius 3 is 2.37 bits per heavy atom. The normalized spacial score (nSPS) is 13.7. The first-order valence-electron chi connectivity index (χ1n) is 6.69. The van der Waals surface area contributed by atoms with Crippen molar-refractivity contribution >= 4 is 5.97 Å². The van der Waals surface area contributed by atoms with Crippen LogP contribution in [0.1, 0.15) is 38.8 Å². The molecule has 1 aromatic carbocycles. The molecule has 0 aliphatic carbocycles. The van der Waals surface area contributed by atoms with Gasteiger partial charge in [-0.2, -0.15) is 0 Å². The van der Waals surface area contributed by atoms with Crippen LogP contribution in [0.2, 0.25) is 0 Å². The van der Waals surface area contributed by atoms with Gasteiger partial charge in [0.2, 0.25) is 0 Å². The highest BCUT2D eigenvalue weighted by atomic mass is 16.5. The van der Waals surface area contributed by atoms with Crippen LogP contribution in [0.4, 0.5) is 0 Å². The molecule has 2 atom stereocenters. The summed E-state index contributed by atoms with van der Waals surface area (Å²) >= 11 is 0. The Bertz CT molecular complexity index is 389. The second kappa shape index (κ2) is 7.79. The third-order valence-electron chi connectivity index (χ3n) is 3.02. The molecule has 2 unspecified atom stereocenters. The molecule has 1 N–H and O–H groups in total. The third kappa shape index (κ3) is 4.56. The number of esters is 1. The molecular weight excluding hydrogens is 242 g/mol. The van der Waals surface area contributed by atoms with E-state index in [0.717, 1.165) is 17.7 Å². The van der Waals surface area contributed by atoms with Crippen molar-refractivity contribution in [3.05, 3.63) is 29.8 Å². The zero-order valence-corrected chi connectivity index (χ0v) is 12.1. The predicted octanol–water partition coefficient (Wildman–Crippen LogP) is 2.69. The number of methoxy groups -OCH3 is 1. The van der Waals surface area contributed by atoms with Crippen molar-refractivity contribution in [1.82, 2.24) is 5.32 Å². The zero-order chi connectivity index (χ0) is 14.3. The van der Waals surface area contributed by atoms with Crippen molar-refractivity contribution in [2.75, 3.05) is 13.7 Å². The van der Waals surface area contributed by atoms with Crippen LogP contribution in [0.15, 0.2) is 24.3 Å². The standard InChI is InChI=1S/C15H23NO3/c1-5-14(16-11(3)15(17)19-6-2)12-7-9-13(18-4)10-8-12/h7-11,14,16H,5-6H2,1-4H3. The molecule has 0 amide bonds. The Hall–Kier alpha value is -1.55. The first-order valence-corrected chi connectivity index (χ1v) is 6.69. The fraction of sp³-hybridized carbons (Fsp3) is 0.533. The quantitative estimate of drug-likeness (QED) is 0.770. The molecule has 0 saturated heterocycles. The fourth-order valence-corrected chi connectivity index (χ4v) is 1.92. The number of nitrogens with one attached hydrogen (secondary N) is 1. The smallest absolute Gasteiger partial charge is 0.322 e. The van der Waals surface area contributed by atoms with Gasteiger partial charge in [0.1, 0.15) is 11.8 Å². The van der Waals surface area contributed by atoms with E-state index < -0.39 is 0 Å². The summed E-state index contributed by atoms with van der Waals surface area (Å²) in [4.78, 5) is 11.6. The molecular formula is C15H23NO3. The Morgan fingerprint density at radius 1 is 1.26 bits per heavy atom. The summed E-state index contributed by atoms with van der Waals surface area (Å²) in [6.45, 7) is 6.12. The van der Waals surface area contributed by atoms with E-state index in [9.17, 15) is 4.79 Å². The van der Waals surface area contributed by atoms with Crippen LogP contribution in [-0.4, -0.2) is 25.7 Å². The van der Waals surface area contributed by atoms with Crippen molar-refractivity contribution in [2.45, 2.75) is 39.3 Å². The molecule has 1 rings (SSSR count). The number of ether oxygens (including phenoxy) is 2. The van der Waals surface area contributed by atoms with Crippen molar-refractivity contribution in [2.24, 2.45) is 0 Å². The second-order valence-electron chi connectivity index (χ2n) is 4.37. The van der Waals surface area contributed by atoms with E-state index in [-0.39, 0.29) is 18.1 Å². The Morgan fingerprint density at radius 2 is 1.89 bits per heavy atom. The number of benzene rings is 1. The second-order valence-corrected chi connectivity index (χ2v) is 4.37. The molecule has 0 radical (unpaired) electrons. The van der Waals surface area contributed by atoms with Crippen molar-refractivity contribution in [3.8, 4) is 5.75 Å². The van der Waals surface area contributed by atoms with Gasteiger partial charge in [-0.1, -0.05) is 19.1 Å². The minimum atomic E-state index is -0.313. The molecule has 0 heterocycles. The average molecular weight is 265 g/mol. The molecule has 106 valence electrons. The highest BCUT2D eigenvalue weighted by Crippen LogP contribution is 2.20. The third-order valence-corrected chi connectivity index (χ3v) is 3.02. The van der Waals surface area contributed by atoms with Gasteiger partial charge in [-0.25, -0.2) is 0 Å². The molecule has 0 spiro atoms. The van der Waals surface area contributed by atoms with Gasteiger partial charge in [0, 0.05) is 6.04 Å². The van der Waals surface area contributed by atoms with Gasteiger partial charge in [0.15, 0.2) is 0 Å². The Balaban J connectivity index is 2.68. The lowest BCUT2D eigenvalue weighted by atomic mass is 10.0. The lowest BCUT2D eigenvalue weighted by molar-refractivity contribution is -0.145. The van der Waals surface area contributed by atoms with E-state index in [2.05, 4.69) is 12.2 Å². The summed E-state index contributed by atoms with van der Waals surface area (Å²) in [5.74, 6) is 0.617. The lowest BCUT2D eigenvalue weighted by Crippen LogP contribution is -2.37. The van der Waals surface area contributed by atoms with Crippen LogP contribution in [0.5, 0.6) is 5.75 Å². The Kier molecular flexibility index (Phi) is 6.36. The summed E-state index contributed by atoms with van der Waals surface area (Å²) in [5.41, 5.74) is 1.14. The maximum absolute atomic E-state index is 11.6. The van der Waals surface area contributed by atoms with E-state index in [0.29, 0.717) is 6.61 Å². The van der Waals surface area contributed by atoms with Crippen LogP contribution in [0, 0.1) is 0 Å². The van der Waals surface area contributed by atoms with E-state index >= 15 is 0 Å². The number of hydrogen-bond acceptors (Lipinski definition) is 4. The molecule has 4 heteroatoms. The van der Waals surface area contributed by atoms with Crippen molar-refractivity contribution in [3.63, 3.8) is 0 Å². The fourth-order valence-electron chi connectivity index (χ4n) is 1.92. The monoisotopic (exact) mass is 265 g/mol. The molecule has 0 saturated carbocycles. The van der Waals surface area contributed by atoms with Crippen molar-refractivity contribution < 1.29 is 14.3 Å². The number of carbonyl (C=O) groups is 1. The maximum Gasteiger partial charge on any atom is 0.322 e. The topological polar surface area (TPSA) is 47.6 Å². The minimum absolute atomic E-state index is 0.130. The van der Waals surface area contributed by atoms with Gasteiger partial charge in [0.25, 0.3) is 0 Å². The molecule has 1 aromatic rings. The van der Waals surface area contributed by atoms with Crippen LogP contribution >= 0.6 is 0 Å². The zero-order valence-electron chi connectivity index (χ0n) is 12.1. The molecule has 0 aliphatic rings. The molecule has 4 nitrogen and oxygen atoms in total. The Labute approximate surface area is 115 Å². The summed E-state index contributed by atoms with van der Waals surface area (Å²) in [5, 5.41) is 3.29. The minimum Gasteiger partial charge on any atom is -0.497 e. The number of rotatable bonds is 7. The SMILES string of the molecule is CCOC(=O)C(C)NC(CC)c1ccc(OC)cc1. The highest BCUT2D eigenvalue weighted by molar-refractivity contribution is 5.75. The van der Waals surface area contributed by atoms with Crippen LogP contribution in [0.25, 0.3) is 0 Å². The summed E-state index contributed by atoms with van der Waals surface area (Å²) in [7, 11) is 1.65. The van der Waals surface area contributed by atoms with Crippen LogP contribution < -0.4 is 10.1 Å². The summed E-state index contributed by atoms with van der Waals surface area (Å²) in [6, 6.07) is 7.69. The molecule has 19 heavy (non-hydrogen) atoms. The lowest BCUT2D eigenvalue weighted by Gasteiger charge is -2.21. The van der Waals surface area contributed by atoms with E-state index in [1.54, 1.807) is 7.11 Å². The average Bonchev–Trinajstić information content (AvgIpc) is 2.45. The van der Waals surface area contributed by atoms with Crippen LogP contribution in [-0.2, 0) is 9.53 Å².